The average molecular weight is 696 g/mol. The lowest BCUT2D eigenvalue weighted by atomic mass is 10.0. The molecular weight excluding hydrogens is 663 g/mol. The largest absolute Gasteiger partial charge is 0.401 e. The minimum Gasteiger partial charge on any atom is -0.340 e. The molecule has 0 bridgehead atoms. The standard InChI is InChI=1S/C32H32F2N7O7P/c1-18(42)40-12-10-23-6-8-27(31(45)39(2)24-5-7-25-19(14-24)9-11-36-38-25)41(23)30(44)26(17-40)37-29(43)20-3-4-21-16-35-28(15-22(21)13-20)32(33,34)49(46,47)48/h3-5,7,9,11,13-16,23,26-27H,6,8,10,12,17H2,1-2H3,(H,37,43)(H2,46,47,48)/t23-,26+,27+/m1/s1. The normalized spacial score (nSPS) is 20.1. The zero-order valence-electron chi connectivity index (χ0n) is 26.4. The van der Waals surface area contributed by atoms with Crippen LogP contribution in [0.1, 0.15) is 42.2 Å². The van der Waals surface area contributed by atoms with Gasteiger partial charge in [-0.15, -0.1) is 0 Å². The molecule has 4 aromatic rings. The van der Waals surface area contributed by atoms with Crippen LogP contribution in [0.25, 0.3) is 21.7 Å². The predicted octanol–water partition coefficient (Wildman–Crippen LogP) is 2.78. The number of carbonyl (C=O) groups is 4. The Morgan fingerprint density at radius 2 is 1.80 bits per heavy atom. The van der Waals surface area contributed by atoms with Crippen molar-refractivity contribution in [2.45, 2.75) is 50.0 Å². The molecule has 6 rings (SSSR count). The molecule has 2 aliphatic heterocycles. The van der Waals surface area contributed by atoms with E-state index in [0.29, 0.717) is 35.9 Å². The van der Waals surface area contributed by atoms with E-state index in [4.69, 9.17) is 9.79 Å². The molecule has 14 nitrogen and oxygen atoms in total. The highest BCUT2D eigenvalue weighted by Gasteiger charge is 2.52. The topological polar surface area (TPSA) is 186 Å². The maximum absolute atomic E-state index is 14.4. The van der Waals surface area contributed by atoms with E-state index in [1.165, 1.54) is 39.8 Å². The number of aromatic nitrogens is 3. The van der Waals surface area contributed by atoms with Crippen LogP contribution < -0.4 is 10.2 Å². The van der Waals surface area contributed by atoms with Crippen LogP contribution in [0.2, 0.25) is 0 Å². The minimum atomic E-state index is -5.89. The summed E-state index contributed by atoms with van der Waals surface area (Å²) >= 11 is 0. The van der Waals surface area contributed by atoms with Crippen LogP contribution in [0, 0.1) is 0 Å². The second kappa shape index (κ2) is 12.8. The van der Waals surface area contributed by atoms with E-state index in [2.05, 4.69) is 20.5 Å². The second-order valence-corrected chi connectivity index (χ2v) is 13.8. The van der Waals surface area contributed by atoms with Gasteiger partial charge in [-0.05, 0) is 67.1 Å². The molecule has 2 aromatic heterocycles. The van der Waals surface area contributed by atoms with Crippen molar-refractivity contribution in [3.63, 3.8) is 0 Å². The summed E-state index contributed by atoms with van der Waals surface area (Å²) in [5.41, 5.74) is -4.52. The summed E-state index contributed by atoms with van der Waals surface area (Å²) in [6, 6.07) is 9.41. The van der Waals surface area contributed by atoms with Crippen molar-refractivity contribution in [3.05, 3.63) is 72.2 Å². The number of alkyl halides is 2. The fourth-order valence-electron chi connectivity index (χ4n) is 6.38. The Morgan fingerprint density at radius 3 is 2.53 bits per heavy atom. The molecule has 0 saturated carbocycles. The van der Waals surface area contributed by atoms with Crippen molar-refractivity contribution in [2.75, 3.05) is 25.0 Å². The Bertz CT molecular complexity index is 2040. The Balaban J connectivity index is 1.27. The molecule has 3 atom stereocenters. The van der Waals surface area contributed by atoms with Crippen LogP contribution in [0.5, 0.6) is 0 Å². The molecule has 2 fully saturated rings. The first-order valence-corrected chi connectivity index (χ1v) is 17.0. The Kier molecular flexibility index (Phi) is 8.90. The number of carbonyl (C=O) groups excluding carboxylic acids is 4. The molecule has 3 N–H and O–H groups in total. The molecule has 0 radical (unpaired) electrons. The first-order valence-electron chi connectivity index (χ1n) is 15.4. The van der Waals surface area contributed by atoms with Crippen molar-refractivity contribution >= 4 is 58.6 Å². The van der Waals surface area contributed by atoms with Crippen LogP contribution in [0.4, 0.5) is 14.5 Å². The van der Waals surface area contributed by atoms with Gasteiger partial charge in [-0.25, -0.2) is 0 Å². The molecule has 2 aromatic carbocycles. The number of hydrogen-bond acceptors (Lipinski definition) is 8. The zero-order chi connectivity index (χ0) is 35.2. The third-order valence-corrected chi connectivity index (χ3v) is 10.1. The van der Waals surface area contributed by atoms with E-state index < -0.39 is 42.9 Å². The SMILES string of the molecule is CC(=O)N1CC[C@H]2CC[C@@H](C(=O)N(C)c3ccc4nnccc4c3)N2C(=O)[C@@H](NC(=O)c2ccc3cnc(C(F)(F)P(=O)(O)O)cc3c2)C1. The number of likely N-dealkylation sites (N-methyl/N-ethyl adjacent to an activating group) is 1. The quantitative estimate of drug-likeness (QED) is 0.253. The second-order valence-electron chi connectivity index (χ2n) is 12.2. The van der Waals surface area contributed by atoms with Crippen LogP contribution in [-0.4, -0.2) is 96.7 Å². The number of nitrogens with zero attached hydrogens (tertiary/aromatic N) is 6. The molecule has 17 heteroatoms. The summed E-state index contributed by atoms with van der Waals surface area (Å²) in [7, 11) is -4.27. The van der Waals surface area contributed by atoms with Crippen LogP contribution in [-0.2, 0) is 24.6 Å². The van der Waals surface area contributed by atoms with E-state index in [0.717, 1.165) is 17.6 Å². The van der Waals surface area contributed by atoms with Crippen molar-refractivity contribution in [1.29, 1.82) is 0 Å². The first kappa shape index (κ1) is 34.0. The maximum Gasteiger partial charge on any atom is 0.401 e. The summed E-state index contributed by atoms with van der Waals surface area (Å²) in [5.74, 6) is -1.93. The van der Waals surface area contributed by atoms with Crippen LogP contribution in [0.15, 0.2) is 60.9 Å². The highest BCUT2D eigenvalue weighted by molar-refractivity contribution is 7.52. The molecule has 49 heavy (non-hydrogen) atoms. The molecule has 0 unspecified atom stereocenters. The summed E-state index contributed by atoms with van der Waals surface area (Å²) in [4.78, 5) is 80.5. The number of rotatable bonds is 6. The number of amides is 4. The number of benzene rings is 2. The predicted molar refractivity (Wildman–Crippen MR) is 172 cm³/mol. The molecule has 0 aliphatic carbocycles. The number of anilines is 1. The van der Waals surface area contributed by atoms with E-state index in [1.807, 2.05) is 0 Å². The molecular formula is C32H32F2N7O7P. The number of pyridine rings is 1. The molecule has 4 heterocycles. The molecule has 2 aliphatic rings. The van der Waals surface area contributed by atoms with Gasteiger partial charge in [-0.1, -0.05) is 6.07 Å². The van der Waals surface area contributed by atoms with Gasteiger partial charge in [0.15, 0.2) is 0 Å². The minimum absolute atomic E-state index is 0.0419. The van der Waals surface area contributed by atoms with Gasteiger partial charge in [0.05, 0.1) is 11.7 Å². The smallest absolute Gasteiger partial charge is 0.340 e. The van der Waals surface area contributed by atoms with Gasteiger partial charge < -0.3 is 29.8 Å². The van der Waals surface area contributed by atoms with Crippen molar-refractivity contribution in [3.8, 4) is 0 Å². The highest BCUT2D eigenvalue weighted by Crippen LogP contribution is 2.58. The van der Waals surface area contributed by atoms with E-state index in [-0.39, 0.29) is 41.9 Å². The Hall–Kier alpha value is -4.92. The maximum atomic E-state index is 14.4. The van der Waals surface area contributed by atoms with Crippen molar-refractivity contribution < 1.29 is 42.3 Å². The van der Waals surface area contributed by atoms with Gasteiger partial charge in [-0.3, -0.25) is 28.7 Å². The van der Waals surface area contributed by atoms with Crippen molar-refractivity contribution in [2.24, 2.45) is 0 Å². The third-order valence-electron chi connectivity index (χ3n) is 9.10. The van der Waals surface area contributed by atoms with Gasteiger partial charge >= 0.3 is 13.3 Å². The summed E-state index contributed by atoms with van der Waals surface area (Å²) in [6.07, 6.45) is 3.88. The monoisotopic (exact) mass is 695 g/mol. The van der Waals surface area contributed by atoms with Gasteiger partial charge in [0.1, 0.15) is 17.8 Å². The lowest BCUT2D eigenvalue weighted by Gasteiger charge is -2.39. The third kappa shape index (κ3) is 6.46. The van der Waals surface area contributed by atoms with Crippen LogP contribution in [0.3, 0.4) is 0 Å². The van der Waals surface area contributed by atoms with Crippen LogP contribution >= 0.6 is 7.60 Å². The van der Waals surface area contributed by atoms with Gasteiger partial charge in [0, 0.05) is 61.3 Å². The Morgan fingerprint density at radius 1 is 1.02 bits per heavy atom. The van der Waals surface area contributed by atoms with E-state index in [9.17, 15) is 32.5 Å². The summed E-state index contributed by atoms with van der Waals surface area (Å²) < 4.78 is 40.1. The van der Waals surface area contributed by atoms with Crippen molar-refractivity contribution in [1.82, 2.24) is 30.3 Å². The number of halogens is 2. The lowest BCUT2D eigenvalue weighted by molar-refractivity contribution is -0.144. The summed E-state index contributed by atoms with van der Waals surface area (Å²) in [6.45, 7) is 1.48. The number of hydrogen-bond donors (Lipinski definition) is 3. The number of fused-ring (bicyclic) bond motifs is 3. The average Bonchev–Trinajstić information content (AvgIpc) is 3.49. The summed E-state index contributed by atoms with van der Waals surface area (Å²) in [5, 5.41) is 11.8. The highest BCUT2D eigenvalue weighted by atomic mass is 31.2. The van der Waals surface area contributed by atoms with E-state index >= 15 is 0 Å². The molecule has 2 saturated heterocycles. The molecule has 4 amide bonds. The first-order chi connectivity index (χ1) is 23.2. The fourth-order valence-corrected chi connectivity index (χ4v) is 6.80. The zero-order valence-corrected chi connectivity index (χ0v) is 27.3. The van der Waals surface area contributed by atoms with Gasteiger partial charge in [-0.2, -0.15) is 19.0 Å². The van der Waals surface area contributed by atoms with Gasteiger partial charge in [0.2, 0.25) is 17.7 Å². The Labute approximate surface area is 278 Å². The van der Waals surface area contributed by atoms with Gasteiger partial charge in [0.25, 0.3) is 5.91 Å². The van der Waals surface area contributed by atoms with E-state index in [1.54, 1.807) is 37.5 Å². The lowest BCUT2D eigenvalue weighted by Crippen LogP contribution is -2.61. The fraction of sp³-hybridized carbons (Fsp3) is 0.344. The molecule has 256 valence electrons. The molecule has 0 spiro atoms. The number of nitrogens with one attached hydrogen (secondary N) is 1.